The molecule has 2 unspecified atom stereocenters. The molecule has 1 heterocycles. The zero-order chi connectivity index (χ0) is 16.5. The molecule has 0 bridgehead atoms. The van der Waals surface area contributed by atoms with Gasteiger partial charge in [0, 0.05) is 0 Å². The monoisotopic (exact) mass is 311 g/mol. The summed E-state index contributed by atoms with van der Waals surface area (Å²) in [7, 11) is 0. The molecule has 0 saturated carbocycles. The summed E-state index contributed by atoms with van der Waals surface area (Å²) in [4.78, 5) is 11.7. The number of halogens is 3. The Kier molecular flexibility index (Phi) is 3.52. The minimum absolute atomic E-state index is 0.289. The van der Waals surface area contributed by atoms with E-state index in [1.165, 1.54) is 0 Å². The normalized spacial score (nSPS) is 26.9. The molecule has 0 aliphatic carbocycles. The summed E-state index contributed by atoms with van der Waals surface area (Å²) < 4.78 is 72.9. The molecule has 0 radical (unpaired) electrons. The molecule has 0 spiro atoms. The summed E-state index contributed by atoms with van der Waals surface area (Å²) in [5, 5.41) is 0. The maximum atomic E-state index is 12.9. The molecule has 2 atom stereocenters. The lowest BCUT2D eigenvalue weighted by atomic mass is 10.2. The van der Waals surface area contributed by atoms with Crippen LogP contribution in [0.5, 0.6) is 0 Å². The lowest BCUT2D eigenvalue weighted by molar-refractivity contribution is -0.167. The van der Waals surface area contributed by atoms with Gasteiger partial charge in [0.05, 0.1) is 9.30 Å². The minimum Gasteiger partial charge on any atom is -0.444 e. The molecule has 1 amide bonds. The first kappa shape index (κ1) is 12.2. The molecule has 1 aliphatic rings. The largest absolute Gasteiger partial charge is 0.444 e. The van der Waals surface area contributed by atoms with E-state index in [4.69, 9.17) is 2.74 Å². The standard InChI is InChI=1S/C11H10F3NO4S/c12-11(13,14)9-7-19-20(17)15(9)10(16)18-6-8-4-2-1-3-5-8/h1-5,9H,6-7H2/i7D2. The summed E-state index contributed by atoms with van der Waals surface area (Å²) in [6, 6.07) is 5.11. The number of ether oxygens (including phenoxy) is 1. The van der Waals surface area contributed by atoms with Crippen molar-refractivity contribution in [2.75, 3.05) is 6.56 Å². The lowest BCUT2D eigenvalue weighted by Crippen LogP contribution is -2.46. The highest BCUT2D eigenvalue weighted by Gasteiger charge is 2.53. The quantitative estimate of drug-likeness (QED) is 0.840. The van der Waals surface area contributed by atoms with Crippen LogP contribution in [-0.2, 0) is 26.8 Å². The van der Waals surface area contributed by atoms with Gasteiger partial charge in [0.2, 0.25) is 0 Å². The molecule has 110 valence electrons. The Labute approximate surface area is 117 Å². The van der Waals surface area contributed by atoms with Gasteiger partial charge in [-0.15, -0.1) is 0 Å². The Balaban J connectivity index is 2.15. The van der Waals surface area contributed by atoms with E-state index in [0.717, 1.165) is 0 Å². The minimum atomic E-state index is -5.17. The van der Waals surface area contributed by atoms with Crippen LogP contribution in [0, 0.1) is 0 Å². The zero-order valence-electron chi connectivity index (χ0n) is 11.8. The molecule has 2 rings (SSSR count). The average Bonchev–Trinajstić information content (AvgIpc) is 2.66. The highest BCUT2D eigenvalue weighted by Crippen LogP contribution is 2.31. The van der Waals surface area contributed by atoms with Gasteiger partial charge in [-0.3, -0.25) is 4.18 Å². The number of carbonyl (C=O) groups is 1. The maximum Gasteiger partial charge on any atom is 0.424 e. The first-order valence-electron chi connectivity index (χ1n) is 6.31. The van der Waals surface area contributed by atoms with Crippen molar-refractivity contribution in [2.45, 2.75) is 18.8 Å². The van der Waals surface area contributed by atoms with Crippen LogP contribution >= 0.6 is 0 Å². The van der Waals surface area contributed by atoms with Crippen LogP contribution < -0.4 is 0 Å². The van der Waals surface area contributed by atoms with E-state index in [1.54, 1.807) is 30.3 Å². The molecule has 9 heteroatoms. The highest BCUT2D eigenvalue weighted by atomic mass is 32.2. The van der Waals surface area contributed by atoms with Crippen LogP contribution in [0.4, 0.5) is 18.0 Å². The van der Waals surface area contributed by atoms with E-state index >= 15 is 0 Å². The van der Waals surface area contributed by atoms with Crippen LogP contribution in [0.25, 0.3) is 0 Å². The van der Waals surface area contributed by atoms with Crippen LogP contribution in [0.2, 0.25) is 0 Å². The van der Waals surface area contributed by atoms with E-state index in [9.17, 15) is 22.2 Å². The van der Waals surface area contributed by atoms with Crippen molar-refractivity contribution in [2.24, 2.45) is 0 Å². The van der Waals surface area contributed by atoms with Gasteiger partial charge in [-0.2, -0.15) is 17.5 Å². The van der Waals surface area contributed by atoms with Crippen molar-refractivity contribution in [3.05, 3.63) is 35.9 Å². The number of rotatable bonds is 2. The average molecular weight is 311 g/mol. The number of nitrogens with zero attached hydrogens (tertiary/aromatic N) is 1. The summed E-state index contributed by atoms with van der Waals surface area (Å²) >= 11 is -2.93. The summed E-state index contributed by atoms with van der Waals surface area (Å²) in [6.07, 6.45) is -6.74. The molecule has 0 aromatic heterocycles. The Hall–Kier alpha value is -1.61. The number of carbonyl (C=O) groups excluding carboxylic acids is 1. The fourth-order valence-electron chi connectivity index (χ4n) is 1.41. The summed E-state index contributed by atoms with van der Waals surface area (Å²) in [6.45, 7) is -3.67. The predicted octanol–water partition coefficient (Wildman–Crippen LogP) is 2.17. The smallest absolute Gasteiger partial charge is 0.424 e. The Morgan fingerprint density at radius 1 is 1.50 bits per heavy atom. The number of benzene rings is 1. The fraction of sp³-hybridized carbons (Fsp3) is 0.364. The number of hydrogen-bond acceptors (Lipinski definition) is 4. The van der Waals surface area contributed by atoms with E-state index in [-0.39, 0.29) is 10.9 Å². The first-order chi connectivity index (χ1) is 10.1. The number of alkyl halides is 3. The second kappa shape index (κ2) is 5.80. The third-order valence-electron chi connectivity index (χ3n) is 2.32. The van der Waals surface area contributed by atoms with Crippen LogP contribution in [0.15, 0.2) is 30.3 Å². The van der Waals surface area contributed by atoms with Crippen molar-refractivity contribution in [1.82, 2.24) is 4.31 Å². The van der Waals surface area contributed by atoms with Crippen LogP contribution in [0.3, 0.4) is 0 Å². The van der Waals surface area contributed by atoms with E-state index < -0.39 is 36.1 Å². The van der Waals surface area contributed by atoms with E-state index in [0.29, 0.717) is 5.56 Å². The Bertz CT molecular complexity index is 584. The molecular formula is C11H10F3NO4S. The van der Waals surface area contributed by atoms with Crippen molar-refractivity contribution < 1.29 is 33.8 Å². The van der Waals surface area contributed by atoms with Gasteiger partial charge < -0.3 is 4.74 Å². The number of amides is 1. The number of hydrogen-bond donors (Lipinski definition) is 0. The summed E-state index contributed by atoms with van der Waals surface area (Å²) in [5.41, 5.74) is 0.508. The van der Waals surface area contributed by atoms with Crippen molar-refractivity contribution >= 4 is 17.4 Å². The summed E-state index contributed by atoms with van der Waals surface area (Å²) in [5.74, 6) is 0. The topological polar surface area (TPSA) is 55.8 Å². The SMILES string of the molecule is [2H]C1([2H])OS(=O)N(C(=O)OCc2ccccc2)C1C(F)(F)F. The molecule has 5 nitrogen and oxygen atoms in total. The molecule has 1 saturated heterocycles. The van der Waals surface area contributed by atoms with Gasteiger partial charge in [0.1, 0.15) is 6.61 Å². The van der Waals surface area contributed by atoms with Gasteiger partial charge >= 0.3 is 12.3 Å². The zero-order valence-corrected chi connectivity index (χ0v) is 10.6. The molecule has 1 aromatic rings. The maximum absolute atomic E-state index is 12.9. The molecular weight excluding hydrogens is 299 g/mol. The van der Waals surface area contributed by atoms with Gasteiger partial charge in [-0.05, 0) is 5.56 Å². The van der Waals surface area contributed by atoms with Crippen LogP contribution in [-0.4, -0.2) is 33.4 Å². The fourth-order valence-corrected chi connectivity index (χ4v) is 2.17. The van der Waals surface area contributed by atoms with Crippen LogP contribution in [0.1, 0.15) is 8.30 Å². The highest BCUT2D eigenvalue weighted by molar-refractivity contribution is 7.78. The third kappa shape index (κ3) is 3.28. The van der Waals surface area contributed by atoms with Gasteiger partial charge in [-0.25, -0.2) is 9.00 Å². The van der Waals surface area contributed by atoms with E-state index in [1.807, 2.05) is 0 Å². The van der Waals surface area contributed by atoms with Gasteiger partial charge in [-0.1, -0.05) is 30.3 Å². The van der Waals surface area contributed by atoms with Crippen molar-refractivity contribution in [3.8, 4) is 0 Å². The molecule has 1 aliphatic heterocycles. The molecule has 0 N–H and O–H groups in total. The van der Waals surface area contributed by atoms with Gasteiger partial charge in [0.15, 0.2) is 6.04 Å². The second-order valence-electron chi connectivity index (χ2n) is 3.73. The molecule has 20 heavy (non-hydrogen) atoms. The Morgan fingerprint density at radius 2 is 2.15 bits per heavy atom. The lowest BCUT2D eigenvalue weighted by Gasteiger charge is -2.21. The third-order valence-corrected chi connectivity index (χ3v) is 3.24. The molecule has 1 fully saturated rings. The van der Waals surface area contributed by atoms with E-state index in [2.05, 4.69) is 8.92 Å². The predicted molar refractivity (Wildman–Crippen MR) is 62.4 cm³/mol. The Morgan fingerprint density at radius 3 is 2.75 bits per heavy atom. The van der Waals surface area contributed by atoms with Gasteiger partial charge in [0.25, 0.3) is 11.3 Å². The molecule has 1 aromatic carbocycles. The second-order valence-corrected chi connectivity index (χ2v) is 4.72. The van der Waals surface area contributed by atoms with Crippen molar-refractivity contribution in [3.63, 3.8) is 0 Å². The first-order valence-corrected chi connectivity index (χ1v) is 6.34. The van der Waals surface area contributed by atoms with Crippen molar-refractivity contribution in [1.29, 1.82) is 0 Å².